The Morgan fingerprint density at radius 2 is 1.68 bits per heavy atom. The van der Waals surface area contributed by atoms with E-state index in [2.05, 4.69) is 15.9 Å². The predicted octanol–water partition coefficient (Wildman–Crippen LogP) is 2.98. The van der Waals surface area contributed by atoms with Crippen LogP contribution in [-0.4, -0.2) is 23.1 Å². The van der Waals surface area contributed by atoms with E-state index < -0.39 is 11.9 Å². The minimum Gasteiger partial charge on any atom is -0.288 e. The number of anilines is 2. The van der Waals surface area contributed by atoms with Gasteiger partial charge in [-0.3, -0.25) is 14.8 Å². The van der Waals surface area contributed by atoms with Gasteiger partial charge in [-0.25, -0.2) is 9.96 Å². The molecule has 3 rings (SSSR count). The van der Waals surface area contributed by atoms with Gasteiger partial charge in [0.25, 0.3) is 5.91 Å². The third-order valence-electron chi connectivity index (χ3n) is 3.52. The monoisotopic (exact) mass is 360 g/mol. The molecule has 1 saturated heterocycles. The van der Waals surface area contributed by atoms with Crippen LogP contribution in [0.2, 0.25) is 0 Å². The van der Waals surface area contributed by atoms with Crippen LogP contribution in [0, 0.1) is 0 Å². The van der Waals surface area contributed by atoms with Crippen LogP contribution in [0.3, 0.4) is 0 Å². The lowest BCUT2D eigenvalue weighted by Gasteiger charge is -2.22. The largest absolute Gasteiger partial charge is 0.288 e. The smallest absolute Gasteiger partial charge is 0.259 e. The fraction of sp³-hybridized carbons (Fsp3) is 0.125. The van der Waals surface area contributed by atoms with E-state index in [0.717, 1.165) is 14.4 Å². The van der Waals surface area contributed by atoms with Gasteiger partial charge in [-0.15, -0.1) is 0 Å². The fourth-order valence-corrected chi connectivity index (χ4v) is 2.69. The molecule has 22 heavy (non-hydrogen) atoms. The van der Waals surface area contributed by atoms with Crippen LogP contribution in [-0.2, 0) is 9.59 Å². The molecular formula is C16H13BrN2O3. The molecule has 6 heteroatoms. The number of carbonyl (C=O) groups is 2. The normalized spacial score (nSPS) is 17.9. The number of hydrogen-bond donors (Lipinski definition) is 1. The topological polar surface area (TPSA) is 60.9 Å². The number of para-hydroxylation sites is 1. The van der Waals surface area contributed by atoms with Crippen molar-refractivity contribution in [2.75, 3.05) is 9.96 Å². The van der Waals surface area contributed by atoms with Crippen molar-refractivity contribution in [2.24, 2.45) is 0 Å². The quantitative estimate of drug-likeness (QED) is 0.675. The first kappa shape index (κ1) is 14.7. The highest BCUT2D eigenvalue weighted by Gasteiger charge is 2.43. The molecule has 2 aromatic rings. The highest BCUT2D eigenvalue weighted by atomic mass is 79.9. The zero-order valence-corrected chi connectivity index (χ0v) is 13.1. The SMILES string of the molecule is O=C1C[C@H](N(O)c2ccccc2)C(=O)N1c1ccc(Br)cc1. The summed E-state index contributed by atoms with van der Waals surface area (Å²) in [5.41, 5.74) is 0.980. The first-order valence-corrected chi connectivity index (χ1v) is 7.53. The van der Waals surface area contributed by atoms with Gasteiger partial charge in [0.2, 0.25) is 5.91 Å². The number of amides is 2. The van der Waals surface area contributed by atoms with Gasteiger partial charge in [-0.05, 0) is 36.4 Å². The van der Waals surface area contributed by atoms with E-state index in [4.69, 9.17) is 0 Å². The van der Waals surface area contributed by atoms with Gasteiger partial charge >= 0.3 is 0 Å². The van der Waals surface area contributed by atoms with E-state index >= 15 is 0 Å². The summed E-state index contributed by atoms with van der Waals surface area (Å²) in [4.78, 5) is 25.8. The summed E-state index contributed by atoms with van der Waals surface area (Å²) in [6.45, 7) is 0. The molecule has 1 aliphatic heterocycles. The number of carbonyl (C=O) groups excluding carboxylic acids is 2. The second-order valence-electron chi connectivity index (χ2n) is 4.94. The Kier molecular flexibility index (Phi) is 3.96. The van der Waals surface area contributed by atoms with Gasteiger partial charge in [-0.2, -0.15) is 0 Å². The van der Waals surface area contributed by atoms with E-state index in [-0.39, 0.29) is 12.3 Å². The molecule has 2 amide bonds. The maximum absolute atomic E-state index is 12.5. The number of hydrogen-bond acceptors (Lipinski definition) is 4. The molecule has 5 nitrogen and oxygen atoms in total. The van der Waals surface area contributed by atoms with Crippen molar-refractivity contribution in [1.29, 1.82) is 0 Å². The maximum Gasteiger partial charge on any atom is 0.259 e. The molecule has 0 unspecified atom stereocenters. The molecule has 1 aliphatic rings. The summed E-state index contributed by atoms with van der Waals surface area (Å²) in [6, 6.07) is 14.7. The number of hydroxylamine groups is 1. The summed E-state index contributed by atoms with van der Waals surface area (Å²) in [5, 5.41) is 11.1. The molecule has 112 valence electrons. The Labute approximate surface area is 135 Å². The molecule has 0 saturated carbocycles. The molecule has 0 spiro atoms. The van der Waals surface area contributed by atoms with E-state index in [9.17, 15) is 14.8 Å². The van der Waals surface area contributed by atoms with Crippen molar-refractivity contribution in [3.63, 3.8) is 0 Å². The number of imide groups is 1. The fourth-order valence-electron chi connectivity index (χ4n) is 2.43. The summed E-state index contributed by atoms with van der Waals surface area (Å²) in [6.07, 6.45) is -0.0553. The lowest BCUT2D eigenvalue weighted by Crippen LogP contribution is -2.40. The molecule has 0 aliphatic carbocycles. The van der Waals surface area contributed by atoms with Crippen LogP contribution in [0.1, 0.15) is 6.42 Å². The van der Waals surface area contributed by atoms with E-state index in [0.29, 0.717) is 11.4 Å². The zero-order chi connectivity index (χ0) is 15.7. The van der Waals surface area contributed by atoms with Gasteiger partial charge in [0.05, 0.1) is 17.8 Å². The number of halogens is 1. The number of nitrogens with zero attached hydrogens (tertiary/aromatic N) is 2. The highest BCUT2D eigenvalue weighted by Crippen LogP contribution is 2.28. The minimum absolute atomic E-state index is 0.0553. The minimum atomic E-state index is -0.904. The standard InChI is InChI=1S/C16H13BrN2O3/c17-11-6-8-12(9-7-11)18-15(20)10-14(16(18)21)19(22)13-4-2-1-3-5-13/h1-9,14,22H,10H2/t14-/m0/s1. The summed E-state index contributed by atoms with van der Waals surface area (Å²) in [7, 11) is 0. The average Bonchev–Trinajstić information content (AvgIpc) is 2.83. The van der Waals surface area contributed by atoms with Crippen molar-refractivity contribution in [3.05, 3.63) is 59.1 Å². The van der Waals surface area contributed by atoms with Crippen LogP contribution < -0.4 is 9.96 Å². The Hall–Kier alpha value is -2.18. The second kappa shape index (κ2) is 5.90. The summed E-state index contributed by atoms with van der Waals surface area (Å²) < 4.78 is 0.861. The van der Waals surface area contributed by atoms with Gasteiger partial charge in [-0.1, -0.05) is 34.1 Å². The Morgan fingerprint density at radius 3 is 2.32 bits per heavy atom. The molecule has 1 atom stereocenters. The molecular weight excluding hydrogens is 348 g/mol. The predicted molar refractivity (Wildman–Crippen MR) is 85.7 cm³/mol. The van der Waals surface area contributed by atoms with Crippen LogP contribution >= 0.6 is 15.9 Å². The third-order valence-corrected chi connectivity index (χ3v) is 4.05. The first-order valence-electron chi connectivity index (χ1n) is 6.73. The Bertz CT molecular complexity index is 703. The summed E-state index contributed by atoms with van der Waals surface area (Å²) >= 11 is 3.31. The van der Waals surface area contributed by atoms with E-state index in [1.807, 2.05) is 6.07 Å². The van der Waals surface area contributed by atoms with Crippen molar-refractivity contribution in [3.8, 4) is 0 Å². The third kappa shape index (κ3) is 2.63. The van der Waals surface area contributed by atoms with Gasteiger partial charge in [0.15, 0.2) is 0 Å². The molecule has 0 aromatic heterocycles. The van der Waals surface area contributed by atoms with Crippen molar-refractivity contribution < 1.29 is 14.8 Å². The second-order valence-corrected chi connectivity index (χ2v) is 5.86. The molecule has 1 fully saturated rings. The van der Waals surface area contributed by atoms with E-state index in [1.54, 1.807) is 48.5 Å². The van der Waals surface area contributed by atoms with Crippen molar-refractivity contribution >= 4 is 39.1 Å². The molecule has 0 bridgehead atoms. The lowest BCUT2D eigenvalue weighted by atomic mass is 10.2. The lowest BCUT2D eigenvalue weighted by molar-refractivity contribution is -0.121. The molecule has 1 heterocycles. The molecule has 1 N–H and O–H groups in total. The molecule has 0 radical (unpaired) electrons. The number of rotatable bonds is 3. The highest BCUT2D eigenvalue weighted by molar-refractivity contribution is 9.10. The van der Waals surface area contributed by atoms with Gasteiger partial charge in [0, 0.05) is 4.47 Å². The average molecular weight is 361 g/mol. The van der Waals surface area contributed by atoms with Crippen LogP contribution in [0.4, 0.5) is 11.4 Å². The Morgan fingerprint density at radius 1 is 1.05 bits per heavy atom. The molecule has 2 aromatic carbocycles. The zero-order valence-electron chi connectivity index (χ0n) is 11.5. The van der Waals surface area contributed by atoms with Crippen molar-refractivity contribution in [1.82, 2.24) is 0 Å². The van der Waals surface area contributed by atoms with Gasteiger partial charge < -0.3 is 0 Å². The Balaban J connectivity index is 1.87. The van der Waals surface area contributed by atoms with E-state index in [1.165, 1.54) is 0 Å². The van der Waals surface area contributed by atoms with Gasteiger partial charge in [0.1, 0.15) is 6.04 Å². The van der Waals surface area contributed by atoms with Crippen LogP contribution in [0.25, 0.3) is 0 Å². The van der Waals surface area contributed by atoms with Crippen LogP contribution in [0.15, 0.2) is 59.1 Å². The summed E-state index contributed by atoms with van der Waals surface area (Å²) in [5.74, 6) is -0.758. The maximum atomic E-state index is 12.5. The van der Waals surface area contributed by atoms with Crippen molar-refractivity contribution in [2.45, 2.75) is 12.5 Å². The first-order chi connectivity index (χ1) is 10.6. The number of benzene rings is 2. The van der Waals surface area contributed by atoms with Crippen LogP contribution in [0.5, 0.6) is 0 Å².